The maximum Gasteiger partial charge on any atom is 0.238 e. The van der Waals surface area contributed by atoms with Crippen LogP contribution in [0, 0.1) is 0 Å². The van der Waals surface area contributed by atoms with Crippen molar-refractivity contribution < 1.29 is 9.53 Å². The summed E-state index contributed by atoms with van der Waals surface area (Å²) in [6.45, 7) is 8.17. The predicted octanol–water partition coefficient (Wildman–Crippen LogP) is 0.339. The molecule has 5 heteroatoms. The zero-order valence-electron chi connectivity index (χ0n) is 12.0. The Labute approximate surface area is 110 Å². The van der Waals surface area contributed by atoms with E-state index >= 15 is 0 Å². The van der Waals surface area contributed by atoms with Crippen LogP contribution in [0.2, 0.25) is 0 Å². The number of amides is 1. The van der Waals surface area contributed by atoms with E-state index in [2.05, 4.69) is 17.3 Å². The molecule has 1 rings (SSSR count). The molecule has 0 saturated carbocycles. The molecule has 3 N–H and O–H groups in total. The number of carbonyl (C=O) groups excluding carboxylic acids is 1. The smallest absolute Gasteiger partial charge is 0.238 e. The van der Waals surface area contributed by atoms with Gasteiger partial charge >= 0.3 is 0 Å². The molecule has 0 spiro atoms. The van der Waals surface area contributed by atoms with Crippen LogP contribution in [0.15, 0.2) is 0 Å². The molecule has 1 aliphatic heterocycles. The van der Waals surface area contributed by atoms with Gasteiger partial charge in [0.15, 0.2) is 0 Å². The molecule has 1 aliphatic rings. The van der Waals surface area contributed by atoms with Crippen molar-refractivity contribution in [2.45, 2.75) is 51.2 Å². The molecule has 1 amide bonds. The summed E-state index contributed by atoms with van der Waals surface area (Å²) >= 11 is 0. The third-order valence-corrected chi connectivity index (χ3v) is 3.53. The van der Waals surface area contributed by atoms with Gasteiger partial charge in [0.2, 0.25) is 5.91 Å². The van der Waals surface area contributed by atoms with Crippen LogP contribution in [-0.4, -0.2) is 55.2 Å². The summed E-state index contributed by atoms with van der Waals surface area (Å²) in [5, 5.41) is 3.28. The van der Waals surface area contributed by atoms with Crippen molar-refractivity contribution in [1.29, 1.82) is 0 Å². The van der Waals surface area contributed by atoms with Gasteiger partial charge in [-0.05, 0) is 40.7 Å². The van der Waals surface area contributed by atoms with Crippen LogP contribution in [-0.2, 0) is 9.53 Å². The molecule has 0 bridgehead atoms. The van der Waals surface area contributed by atoms with E-state index in [4.69, 9.17) is 10.5 Å². The molecule has 106 valence electrons. The molecule has 0 radical (unpaired) electrons. The van der Waals surface area contributed by atoms with Gasteiger partial charge in [0.05, 0.1) is 0 Å². The first kappa shape index (κ1) is 15.4. The number of nitrogens with zero attached hydrogens (tertiary/aromatic N) is 1. The summed E-state index contributed by atoms with van der Waals surface area (Å²) in [6, 6.07) is 0.706. The fraction of sp³-hybridized carbons (Fsp3) is 0.923. The van der Waals surface area contributed by atoms with Gasteiger partial charge in [-0.25, -0.2) is 0 Å². The number of likely N-dealkylation sites (N-methyl/N-ethyl adjacent to an activating group) is 1. The Kier molecular flexibility index (Phi) is 5.56. The Balaban J connectivity index is 2.61. The molecule has 0 aromatic carbocycles. The SMILES string of the molecule is CC(C)NC(C)(CN(C)C1CCOCC1)C(N)=O. The molecule has 18 heavy (non-hydrogen) atoms. The summed E-state index contributed by atoms with van der Waals surface area (Å²) in [5.74, 6) is -0.296. The molecule has 1 atom stereocenters. The number of nitrogens with two attached hydrogens (primary N) is 1. The second-order valence-electron chi connectivity index (χ2n) is 5.75. The summed E-state index contributed by atoms with van der Waals surface area (Å²) in [5.41, 5.74) is 4.86. The van der Waals surface area contributed by atoms with Crippen LogP contribution in [0.4, 0.5) is 0 Å². The van der Waals surface area contributed by atoms with E-state index in [1.165, 1.54) is 0 Å². The number of hydrogen-bond acceptors (Lipinski definition) is 4. The first-order valence-corrected chi connectivity index (χ1v) is 6.71. The molecule has 0 aromatic heterocycles. The van der Waals surface area contributed by atoms with Crippen LogP contribution >= 0.6 is 0 Å². The standard InChI is InChI=1S/C13H27N3O2/c1-10(2)15-13(3,12(14)17)9-16(4)11-5-7-18-8-6-11/h10-11,15H,5-9H2,1-4H3,(H2,14,17). The molecule has 1 fully saturated rings. The van der Waals surface area contributed by atoms with Gasteiger partial charge in [0.1, 0.15) is 5.54 Å². The molecule has 0 aromatic rings. The van der Waals surface area contributed by atoms with E-state index in [1.54, 1.807) is 0 Å². The quantitative estimate of drug-likeness (QED) is 0.720. The third kappa shape index (κ3) is 4.23. The van der Waals surface area contributed by atoms with E-state index in [0.29, 0.717) is 12.6 Å². The Morgan fingerprint density at radius 2 is 2.06 bits per heavy atom. The molecular weight excluding hydrogens is 230 g/mol. The lowest BCUT2D eigenvalue weighted by Gasteiger charge is -2.38. The number of nitrogens with one attached hydrogen (secondary N) is 1. The Hall–Kier alpha value is -0.650. The van der Waals surface area contributed by atoms with Crippen molar-refractivity contribution in [3.05, 3.63) is 0 Å². The number of carbonyl (C=O) groups is 1. The summed E-state index contributed by atoms with van der Waals surface area (Å²) in [7, 11) is 2.05. The minimum atomic E-state index is -0.679. The van der Waals surface area contributed by atoms with Gasteiger partial charge in [-0.15, -0.1) is 0 Å². The normalized spacial score (nSPS) is 21.2. The molecule has 1 heterocycles. The number of hydrogen-bond donors (Lipinski definition) is 2. The van der Waals surface area contributed by atoms with Gasteiger partial charge in [0.25, 0.3) is 0 Å². The van der Waals surface area contributed by atoms with Gasteiger partial charge in [-0.1, -0.05) is 0 Å². The second kappa shape index (κ2) is 6.50. The van der Waals surface area contributed by atoms with Crippen molar-refractivity contribution in [2.24, 2.45) is 5.73 Å². The molecular formula is C13H27N3O2. The van der Waals surface area contributed by atoms with Gasteiger partial charge in [0, 0.05) is 31.8 Å². The monoisotopic (exact) mass is 257 g/mol. The lowest BCUT2D eigenvalue weighted by molar-refractivity contribution is -0.125. The molecule has 1 saturated heterocycles. The highest BCUT2D eigenvalue weighted by Crippen LogP contribution is 2.16. The van der Waals surface area contributed by atoms with Crippen molar-refractivity contribution in [2.75, 3.05) is 26.8 Å². The number of rotatable bonds is 6. The van der Waals surface area contributed by atoms with E-state index in [1.807, 2.05) is 20.8 Å². The average molecular weight is 257 g/mol. The second-order valence-corrected chi connectivity index (χ2v) is 5.75. The number of primary amides is 1. The van der Waals surface area contributed by atoms with Gasteiger partial charge < -0.3 is 20.7 Å². The fourth-order valence-electron chi connectivity index (χ4n) is 2.59. The van der Waals surface area contributed by atoms with Crippen molar-refractivity contribution in [3.8, 4) is 0 Å². The Morgan fingerprint density at radius 1 is 1.50 bits per heavy atom. The zero-order chi connectivity index (χ0) is 13.8. The zero-order valence-corrected chi connectivity index (χ0v) is 12.0. The van der Waals surface area contributed by atoms with E-state index in [0.717, 1.165) is 26.1 Å². The highest BCUT2D eigenvalue weighted by atomic mass is 16.5. The minimum Gasteiger partial charge on any atom is -0.381 e. The lowest BCUT2D eigenvalue weighted by atomic mass is 9.97. The summed E-state index contributed by atoms with van der Waals surface area (Å²) < 4.78 is 5.36. The summed E-state index contributed by atoms with van der Waals surface area (Å²) in [6.07, 6.45) is 2.04. The highest BCUT2D eigenvalue weighted by molar-refractivity contribution is 5.84. The number of ether oxygens (including phenoxy) is 1. The largest absolute Gasteiger partial charge is 0.381 e. The van der Waals surface area contributed by atoms with E-state index in [9.17, 15) is 4.79 Å². The van der Waals surface area contributed by atoms with Crippen LogP contribution < -0.4 is 11.1 Å². The van der Waals surface area contributed by atoms with Gasteiger partial charge in [-0.3, -0.25) is 4.79 Å². The highest BCUT2D eigenvalue weighted by Gasteiger charge is 2.34. The lowest BCUT2D eigenvalue weighted by Crippen LogP contribution is -2.62. The summed E-state index contributed by atoms with van der Waals surface area (Å²) in [4.78, 5) is 13.9. The van der Waals surface area contributed by atoms with Crippen molar-refractivity contribution in [3.63, 3.8) is 0 Å². The molecule has 0 aliphatic carbocycles. The molecule has 5 nitrogen and oxygen atoms in total. The van der Waals surface area contributed by atoms with Crippen LogP contribution in [0.1, 0.15) is 33.6 Å². The van der Waals surface area contributed by atoms with Crippen molar-refractivity contribution >= 4 is 5.91 Å². The molecule has 1 unspecified atom stereocenters. The van der Waals surface area contributed by atoms with Crippen LogP contribution in [0.5, 0.6) is 0 Å². The predicted molar refractivity (Wildman–Crippen MR) is 72.3 cm³/mol. The van der Waals surface area contributed by atoms with Crippen LogP contribution in [0.25, 0.3) is 0 Å². The van der Waals surface area contributed by atoms with E-state index < -0.39 is 5.54 Å². The minimum absolute atomic E-state index is 0.227. The fourth-order valence-corrected chi connectivity index (χ4v) is 2.59. The first-order chi connectivity index (χ1) is 8.35. The Bertz CT molecular complexity index is 277. The average Bonchev–Trinajstić information content (AvgIpc) is 2.28. The van der Waals surface area contributed by atoms with Crippen LogP contribution in [0.3, 0.4) is 0 Å². The maximum atomic E-state index is 11.7. The topological polar surface area (TPSA) is 67.6 Å². The van der Waals surface area contributed by atoms with Crippen molar-refractivity contribution in [1.82, 2.24) is 10.2 Å². The maximum absolute atomic E-state index is 11.7. The first-order valence-electron chi connectivity index (χ1n) is 6.71. The third-order valence-electron chi connectivity index (χ3n) is 3.53. The van der Waals surface area contributed by atoms with E-state index in [-0.39, 0.29) is 11.9 Å². The van der Waals surface area contributed by atoms with Gasteiger partial charge in [-0.2, -0.15) is 0 Å². The Morgan fingerprint density at radius 3 is 2.50 bits per heavy atom.